The number of rotatable bonds is 8. The van der Waals surface area contributed by atoms with Gasteiger partial charge in [-0.1, -0.05) is 12.1 Å². The van der Waals surface area contributed by atoms with Gasteiger partial charge in [0.1, 0.15) is 0 Å². The second-order valence-corrected chi connectivity index (χ2v) is 7.27. The predicted octanol–water partition coefficient (Wildman–Crippen LogP) is 2.92. The molecule has 0 saturated carbocycles. The molecule has 0 fully saturated rings. The van der Waals surface area contributed by atoms with E-state index in [0.717, 1.165) is 12.8 Å². The van der Waals surface area contributed by atoms with Crippen LogP contribution in [0.3, 0.4) is 0 Å². The number of nitrogens with zero attached hydrogens (tertiary/aromatic N) is 5. The van der Waals surface area contributed by atoms with Gasteiger partial charge in [0.25, 0.3) is 5.16 Å². The van der Waals surface area contributed by atoms with Crippen LogP contribution in [0.25, 0.3) is 0 Å². The Hall–Kier alpha value is -4.19. The van der Waals surface area contributed by atoms with Crippen molar-refractivity contribution in [2.75, 3.05) is 0 Å². The molecule has 0 atom stereocenters. The summed E-state index contributed by atoms with van der Waals surface area (Å²) in [6, 6.07) is 12.9. The lowest BCUT2D eigenvalue weighted by atomic mass is 10.3. The van der Waals surface area contributed by atoms with E-state index in [1.165, 1.54) is 60.9 Å². The van der Waals surface area contributed by atoms with E-state index < -0.39 is 14.8 Å². The van der Waals surface area contributed by atoms with Crippen LogP contribution in [0.15, 0.2) is 87.2 Å². The first-order valence-corrected chi connectivity index (χ1v) is 9.69. The fraction of sp³-hybridized carbons (Fsp3) is 0. The molecule has 0 amide bonds. The summed E-state index contributed by atoms with van der Waals surface area (Å²) in [5.74, 6) is 0.00554. The first-order chi connectivity index (χ1) is 14.5. The number of nitro groups is 1. The van der Waals surface area contributed by atoms with Crippen molar-refractivity contribution in [3.05, 3.63) is 77.1 Å². The molecule has 30 heavy (non-hydrogen) atoms. The Bertz CT molecular complexity index is 1180. The average Bonchev–Trinajstić information content (AvgIpc) is 2.77. The van der Waals surface area contributed by atoms with Crippen molar-refractivity contribution in [2.24, 2.45) is 10.1 Å². The third-order valence-corrected chi connectivity index (χ3v) is 5.11. The van der Waals surface area contributed by atoms with Gasteiger partial charge in [0.15, 0.2) is 0 Å². The highest BCUT2D eigenvalue weighted by Crippen LogP contribution is 2.25. The molecule has 0 aliphatic carbocycles. The van der Waals surface area contributed by atoms with Crippen molar-refractivity contribution in [2.45, 2.75) is 10.1 Å². The minimum Gasteiger partial charge on any atom is -0.435 e. The number of para-hydroxylation sites is 2. The lowest BCUT2D eigenvalue weighted by molar-refractivity contribution is -0.385. The zero-order chi connectivity index (χ0) is 21.4. The van der Waals surface area contributed by atoms with Gasteiger partial charge in [-0.25, -0.2) is 23.4 Å². The van der Waals surface area contributed by atoms with Crippen LogP contribution in [-0.4, -0.2) is 36.1 Å². The highest BCUT2D eigenvalue weighted by atomic mass is 32.2. The Morgan fingerprint density at radius 1 is 0.967 bits per heavy atom. The van der Waals surface area contributed by atoms with Gasteiger partial charge in [-0.05, 0) is 41.6 Å². The third-order valence-electron chi connectivity index (χ3n) is 3.52. The fourth-order valence-electron chi connectivity index (χ4n) is 2.16. The van der Waals surface area contributed by atoms with Crippen LogP contribution in [-0.2, 0) is 14.7 Å². The maximum Gasteiger partial charge on any atom is 0.311 e. The first kappa shape index (κ1) is 20.5. The summed E-state index contributed by atoms with van der Waals surface area (Å²) < 4.78 is 29.8. The summed E-state index contributed by atoms with van der Waals surface area (Å²) in [5.41, 5.74) is 0.186. The molecule has 0 N–H and O–H groups in total. The number of aromatic nitrogens is 2. The van der Waals surface area contributed by atoms with Gasteiger partial charge in [-0.2, -0.15) is 0 Å². The Labute approximate surface area is 170 Å². The first-order valence-electron chi connectivity index (χ1n) is 8.21. The summed E-state index contributed by atoms with van der Waals surface area (Å²) in [7, 11) is -3.82. The molecule has 3 rings (SSSR count). The van der Waals surface area contributed by atoms with Crippen molar-refractivity contribution >= 4 is 34.0 Å². The predicted molar refractivity (Wildman–Crippen MR) is 105 cm³/mol. The summed E-state index contributed by atoms with van der Waals surface area (Å²) in [6.07, 6.45) is 4.55. The normalized spacial score (nSPS) is 11.6. The molecule has 152 valence electrons. The molecule has 1 heterocycles. The van der Waals surface area contributed by atoms with Crippen molar-refractivity contribution < 1.29 is 22.9 Å². The molecule has 0 aliphatic heterocycles. The zero-order valence-electron chi connectivity index (χ0n) is 15.1. The largest absolute Gasteiger partial charge is 0.435 e. The molecule has 0 radical (unpaired) electrons. The number of benzene rings is 2. The molecule has 0 saturated heterocycles. The second-order valence-electron chi connectivity index (χ2n) is 5.42. The number of sulfone groups is 1. The van der Waals surface area contributed by atoms with E-state index in [1.54, 1.807) is 6.07 Å². The maximum atomic E-state index is 12.4. The standard InChI is InChI=1S/C18H13N5O6S/c24-23(25)16-4-1-2-5-17(16)28-13-22-29-12-21-14-6-8-15(9-7-14)30(26,27)18-19-10-3-11-20-18/h1-13H/b21-12?,22-13+. The van der Waals surface area contributed by atoms with Crippen molar-refractivity contribution in [3.8, 4) is 5.75 Å². The average molecular weight is 427 g/mol. The minimum atomic E-state index is -3.82. The van der Waals surface area contributed by atoms with Crippen molar-refractivity contribution in [1.29, 1.82) is 0 Å². The van der Waals surface area contributed by atoms with Crippen LogP contribution in [0, 0.1) is 10.1 Å². The number of hydrogen-bond donors (Lipinski definition) is 0. The Morgan fingerprint density at radius 3 is 2.37 bits per heavy atom. The van der Waals surface area contributed by atoms with Gasteiger partial charge >= 0.3 is 5.69 Å². The zero-order valence-corrected chi connectivity index (χ0v) is 15.9. The smallest absolute Gasteiger partial charge is 0.311 e. The van der Waals surface area contributed by atoms with Crippen molar-refractivity contribution in [1.82, 2.24) is 9.97 Å². The van der Waals surface area contributed by atoms with E-state index in [2.05, 4.69) is 20.1 Å². The van der Waals surface area contributed by atoms with Crippen LogP contribution in [0.1, 0.15) is 0 Å². The molecular formula is C18H13N5O6S. The molecule has 0 aliphatic rings. The minimum absolute atomic E-state index is 0.00554. The lowest BCUT2D eigenvalue weighted by Gasteiger charge is -2.02. The van der Waals surface area contributed by atoms with Gasteiger partial charge in [-0.15, -0.1) is 0 Å². The maximum absolute atomic E-state index is 12.4. The fourth-order valence-corrected chi connectivity index (χ4v) is 3.27. The number of nitro benzene ring substituents is 1. The van der Waals surface area contributed by atoms with E-state index in [9.17, 15) is 18.5 Å². The molecule has 2 aromatic carbocycles. The van der Waals surface area contributed by atoms with Gasteiger partial charge in [-0.3, -0.25) is 10.1 Å². The Balaban J connectivity index is 1.57. The Kier molecular flexibility index (Phi) is 6.39. The van der Waals surface area contributed by atoms with Crippen molar-refractivity contribution in [3.63, 3.8) is 0 Å². The molecule has 12 heteroatoms. The number of aliphatic imine (C=N–C) groups is 1. The van der Waals surface area contributed by atoms with E-state index in [0.29, 0.717) is 5.69 Å². The SMILES string of the molecule is O=[N+]([O-])c1ccccc1O/C=N/OC=Nc1ccc(S(=O)(=O)c2ncccn2)cc1. The van der Waals surface area contributed by atoms with Crippen LogP contribution in [0.4, 0.5) is 11.4 Å². The van der Waals surface area contributed by atoms with Crippen LogP contribution >= 0.6 is 0 Å². The highest BCUT2D eigenvalue weighted by Gasteiger charge is 2.20. The van der Waals surface area contributed by atoms with Gasteiger partial charge in [0.05, 0.1) is 15.5 Å². The second kappa shape index (κ2) is 9.34. The van der Waals surface area contributed by atoms with E-state index >= 15 is 0 Å². The summed E-state index contributed by atoms with van der Waals surface area (Å²) >= 11 is 0. The molecule has 0 spiro atoms. The third kappa shape index (κ3) is 4.99. The van der Waals surface area contributed by atoms with Gasteiger partial charge < -0.3 is 9.57 Å². The summed E-state index contributed by atoms with van der Waals surface area (Å²) in [5, 5.41) is 14.0. The number of ether oxygens (including phenoxy) is 1. The van der Waals surface area contributed by atoms with Crippen LogP contribution < -0.4 is 4.74 Å². The highest BCUT2D eigenvalue weighted by molar-refractivity contribution is 7.91. The topological polar surface area (TPSA) is 146 Å². The van der Waals surface area contributed by atoms with Gasteiger partial charge in [0.2, 0.25) is 28.4 Å². The quantitative estimate of drug-likeness (QED) is 0.175. The van der Waals surface area contributed by atoms with E-state index in [-0.39, 0.29) is 21.5 Å². The summed E-state index contributed by atoms with van der Waals surface area (Å²) in [6.45, 7) is 0. The van der Waals surface area contributed by atoms with Gasteiger partial charge in [0, 0.05) is 18.5 Å². The Morgan fingerprint density at radius 2 is 1.67 bits per heavy atom. The van der Waals surface area contributed by atoms with Crippen LogP contribution in [0.5, 0.6) is 5.75 Å². The monoisotopic (exact) mass is 427 g/mol. The molecule has 1 aromatic heterocycles. The molecule has 11 nitrogen and oxygen atoms in total. The molecular weight excluding hydrogens is 414 g/mol. The molecule has 0 bridgehead atoms. The van der Waals surface area contributed by atoms with Crippen LogP contribution in [0.2, 0.25) is 0 Å². The number of oxime groups is 1. The summed E-state index contributed by atoms with van der Waals surface area (Å²) in [4.78, 5) is 26.5. The number of hydrogen-bond acceptors (Lipinski definition) is 10. The molecule has 0 unspecified atom stereocenters. The van der Waals surface area contributed by atoms with E-state index in [4.69, 9.17) is 9.57 Å². The van der Waals surface area contributed by atoms with E-state index in [1.807, 2.05) is 0 Å². The molecule has 3 aromatic rings. The lowest BCUT2D eigenvalue weighted by Crippen LogP contribution is -2.06.